The lowest BCUT2D eigenvalue weighted by atomic mass is 9.93. The summed E-state index contributed by atoms with van der Waals surface area (Å²) in [5, 5.41) is 0. The molecule has 0 unspecified atom stereocenters. The van der Waals surface area contributed by atoms with E-state index in [-0.39, 0.29) is 0 Å². The van der Waals surface area contributed by atoms with E-state index in [2.05, 4.69) is 22.9 Å². The zero-order valence-corrected chi connectivity index (χ0v) is 8.66. The molecule has 2 nitrogen and oxygen atoms in total. The van der Waals surface area contributed by atoms with Crippen molar-refractivity contribution in [2.45, 2.75) is 32.2 Å². The summed E-state index contributed by atoms with van der Waals surface area (Å²) in [6, 6.07) is 2.84. The molecule has 0 amide bonds. The van der Waals surface area contributed by atoms with Gasteiger partial charge in [0.05, 0.1) is 0 Å². The molecule has 1 aromatic rings. The third-order valence-corrected chi connectivity index (χ3v) is 3.62. The van der Waals surface area contributed by atoms with Crippen molar-refractivity contribution in [3.8, 4) is 0 Å². The topological polar surface area (TPSA) is 16.1 Å². The number of hydrogen-bond donors (Lipinski definition) is 0. The van der Waals surface area contributed by atoms with Gasteiger partial charge < -0.3 is 0 Å². The van der Waals surface area contributed by atoms with E-state index in [1.165, 1.54) is 42.8 Å². The molecule has 1 fully saturated rings. The number of rotatable bonds is 0. The third kappa shape index (κ3) is 1.10. The Morgan fingerprint density at radius 3 is 3.29 bits per heavy atom. The van der Waals surface area contributed by atoms with Gasteiger partial charge in [-0.05, 0) is 43.5 Å². The maximum absolute atomic E-state index is 4.51. The first-order chi connectivity index (χ1) is 6.86. The maximum Gasteiger partial charge on any atom is 0.0466 e. The molecule has 3 rings (SSSR count). The maximum atomic E-state index is 4.51. The predicted molar refractivity (Wildman–Crippen MR) is 56.2 cm³/mol. The summed E-state index contributed by atoms with van der Waals surface area (Å²) in [5.41, 5.74) is 4.33. The molecular formula is C12H16N2. The Hall–Kier alpha value is -0.890. The van der Waals surface area contributed by atoms with Crippen LogP contribution in [0.5, 0.6) is 0 Å². The van der Waals surface area contributed by atoms with Crippen LogP contribution >= 0.6 is 0 Å². The molecule has 0 aromatic carbocycles. The van der Waals surface area contributed by atoms with Crippen LogP contribution in [-0.2, 0) is 6.42 Å². The predicted octanol–water partition coefficient (Wildman–Crippen LogP) is 2.08. The first kappa shape index (κ1) is 8.42. The van der Waals surface area contributed by atoms with Gasteiger partial charge in [-0.2, -0.15) is 0 Å². The Balaban J connectivity index is 2.11. The van der Waals surface area contributed by atoms with Gasteiger partial charge >= 0.3 is 0 Å². The van der Waals surface area contributed by atoms with E-state index in [1.807, 2.05) is 6.20 Å². The van der Waals surface area contributed by atoms with Gasteiger partial charge in [0.1, 0.15) is 0 Å². The lowest BCUT2D eigenvalue weighted by Gasteiger charge is -2.32. The average molecular weight is 188 g/mol. The molecule has 0 aliphatic carbocycles. The van der Waals surface area contributed by atoms with E-state index in [4.69, 9.17) is 0 Å². The summed E-state index contributed by atoms with van der Waals surface area (Å²) < 4.78 is 0. The minimum absolute atomic E-state index is 0.687. The Bertz CT molecular complexity index is 359. The van der Waals surface area contributed by atoms with Gasteiger partial charge in [0.25, 0.3) is 0 Å². The fourth-order valence-corrected chi connectivity index (χ4v) is 2.95. The van der Waals surface area contributed by atoms with Crippen LogP contribution in [-0.4, -0.2) is 23.0 Å². The lowest BCUT2D eigenvalue weighted by molar-refractivity contribution is 0.240. The van der Waals surface area contributed by atoms with Crippen LogP contribution in [0, 0.1) is 6.92 Å². The van der Waals surface area contributed by atoms with Crippen molar-refractivity contribution < 1.29 is 0 Å². The number of aromatic nitrogens is 1. The molecule has 2 heteroatoms. The smallest absolute Gasteiger partial charge is 0.0466 e. The highest BCUT2D eigenvalue weighted by Crippen LogP contribution is 2.38. The molecule has 0 radical (unpaired) electrons. The molecule has 3 heterocycles. The molecule has 2 aliphatic rings. The Labute approximate surface area is 85.0 Å². The Morgan fingerprint density at radius 2 is 2.36 bits per heavy atom. The normalized spacial score (nSPS) is 25.9. The summed E-state index contributed by atoms with van der Waals surface area (Å²) in [5.74, 6) is 0. The summed E-state index contributed by atoms with van der Waals surface area (Å²) in [4.78, 5) is 7.14. The molecule has 74 valence electrons. The molecule has 1 saturated heterocycles. The number of aryl methyl sites for hydroxylation is 1. The summed E-state index contributed by atoms with van der Waals surface area (Å²) in [6.07, 6.45) is 5.80. The van der Waals surface area contributed by atoms with Gasteiger partial charge in [0.15, 0.2) is 0 Å². The standard InChI is InChI=1S/C12H16N2/c1-9-4-6-13-10-5-8-14-7-2-3-11(14)12(9)10/h4,6,11H,2-3,5,7-8H2,1H3/t11-/m1/s1. The van der Waals surface area contributed by atoms with Crippen molar-refractivity contribution in [3.63, 3.8) is 0 Å². The second kappa shape index (κ2) is 3.06. The van der Waals surface area contributed by atoms with Gasteiger partial charge in [-0.25, -0.2) is 0 Å². The van der Waals surface area contributed by atoms with Crippen molar-refractivity contribution >= 4 is 0 Å². The number of fused-ring (bicyclic) bond motifs is 3. The summed E-state index contributed by atoms with van der Waals surface area (Å²) in [7, 11) is 0. The molecule has 0 N–H and O–H groups in total. The van der Waals surface area contributed by atoms with E-state index in [0.717, 1.165) is 6.42 Å². The Kier molecular flexibility index (Phi) is 1.84. The lowest BCUT2D eigenvalue weighted by Crippen LogP contribution is -2.32. The van der Waals surface area contributed by atoms with E-state index in [0.29, 0.717) is 6.04 Å². The quantitative estimate of drug-likeness (QED) is 0.619. The second-order valence-electron chi connectivity index (χ2n) is 4.43. The Morgan fingerprint density at radius 1 is 1.43 bits per heavy atom. The fraction of sp³-hybridized carbons (Fsp3) is 0.583. The average Bonchev–Trinajstić information content (AvgIpc) is 2.65. The first-order valence-electron chi connectivity index (χ1n) is 5.54. The van der Waals surface area contributed by atoms with Crippen LogP contribution in [0.2, 0.25) is 0 Å². The number of hydrogen-bond acceptors (Lipinski definition) is 2. The second-order valence-corrected chi connectivity index (χ2v) is 4.43. The van der Waals surface area contributed by atoms with E-state index < -0.39 is 0 Å². The van der Waals surface area contributed by atoms with Crippen LogP contribution in [0.15, 0.2) is 12.3 Å². The highest BCUT2D eigenvalue weighted by molar-refractivity contribution is 5.34. The van der Waals surface area contributed by atoms with Gasteiger partial charge in [-0.1, -0.05) is 0 Å². The summed E-state index contributed by atoms with van der Waals surface area (Å²) >= 11 is 0. The first-order valence-corrected chi connectivity index (χ1v) is 5.54. The van der Waals surface area contributed by atoms with Gasteiger partial charge in [-0.15, -0.1) is 0 Å². The fourth-order valence-electron chi connectivity index (χ4n) is 2.95. The highest BCUT2D eigenvalue weighted by Gasteiger charge is 2.32. The van der Waals surface area contributed by atoms with E-state index >= 15 is 0 Å². The van der Waals surface area contributed by atoms with Gasteiger partial charge in [-0.3, -0.25) is 9.88 Å². The molecule has 14 heavy (non-hydrogen) atoms. The minimum Gasteiger partial charge on any atom is -0.296 e. The SMILES string of the molecule is Cc1ccnc2c1[C@H]1CCCN1CC2. The van der Waals surface area contributed by atoms with Crippen LogP contribution in [0.3, 0.4) is 0 Å². The minimum atomic E-state index is 0.687. The zero-order chi connectivity index (χ0) is 9.54. The molecule has 0 saturated carbocycles. The largest absolute Gasteiger partial charge is 0.296 e. The van der Waals surface area contributed by atoms with Crippen molar-refractivity contribution in [2.75, 3.05) is 13.1 Å². The molecule has 2 aliphatic heterocycles. The van der Waals surface area contributed by atoms with E-state index in [9.17, 15) is 0 Å². The van der Waals surface area contributed by atoms with Crippen molar-refractivity contribution in [3.05, 3.63) is 29.1 Å². The van der Waals surface area contributed by atoms with Crippen LogP contribution < -0.4 is 0 Å². The van der Waals surface area contributed by atoms with Crippen LogP contribution in [0.25, 0.3) is 0 Å². The monoisotopic (exact) mass is 188 g/mol. The van der Waals surface area contributed by atoms with Crippen LogP contribution in [0.4, 0.5) is 0 Å². The van der Waals surface area contributed by atoms with Crippen molar-refractivity contribution in [1.82, 2.24) is 9.88 Å². The zero-order valence-electron chi connectivity index (χ0n) is 8.66. The summed E-state index contributed by atoms with van der Waals surface area (Å²) in [6.45, 7) is 4.73. The highest BCUT2D eigenvalue weighted by atomic mass is 15.2. The molecule has 0 bridgehead atoms. The molecule has 1 aromatic heterocycles. The van der Waals surface area contributed by atoms with Gasteiger partial charge in [0.2, 0.25) is 0 Å². The number of nitrogens with zero attached hydrogens (tertiary/aromatic N) is 2. The van der Waals surface area contributed by atoms with E-state index in [1.54, 1.807) is 0 Å². The number of pyridine rings is 1. The van der Waals surface area contributed by atoms with Crippen molar-refractivity contribution in [1.29, 1.82) is 0 Å². The van der Waals surface area contributed by atoms with Gasteiger partial charge in [0, 0.05) is 30.9 Å². The molecule has 0 spiro atoms. The third-order valence-electron chi connectivity index (χ3n) is 3.62. The van der Waals surface area contributed by atoms with Crippen molar-refractivity contribution in [2.24, 2.45) is 0 Å². The van der Waals surface area contributed by atoms with Crippen LogP contribution in [0.1, 0.15) is 35.7 Å². The molecule has 1 atom stereocenters. The molecular weight excluding hydrogens is 172 g/mol.